The van der Waals surface area contributed by atoms with Crippen molar-refractivity contribution in [1.29, 1.82) is 0 Å². The molecule has 0 saturated carbocycles. The van der Waals surface area contributed by atoms with E-state index >= 15 is 0 Å². The minimum Gasteiger partial charge on any atom is -0.371 e. The summed E-state index contributed by atoms with van der Waals surface area (Å²) in [6.45, 7) is 10.9. The summed E-state index contributed by atoms with van der Waals surface area (Å²) < 4.78 is 5.67. The van der Waals surface area contributed by atoms with Crippen molar-refractivity contribution in [2.24, 2.45) is 0 Å². The molecule has 0 bridgehead atoms. The number of carbonyl (C=O) groups excluding carboxylic acids is 1. The summed E-state index contributed by atoms with van der Waals surface area (Å²) in [4.78, 5) is 11.7. The highest BCUT2D eigenvalue weighted by atomic mass is 16.5. The molecule has 1 aliphatic heterocycles. The fourth-order valence-corrected chi connectivity index (χ4v) is 1.59. The molecular formula is C12H25N3O2. The quantitative estimate of drug-likeness (QED) is 0.686. The molecule has 0 aromatic carbocycles. The highest BCUT2D eigenvalue weighted by molar-refractivity contribution is 5.74. The van der Waals surface area contributed by atoms with E-state index in [2.05, 4.69) is 22.9 Å². The standard InChI is InChI=1S/C12H25N3O2/c1-5-11(2,3)15-10(16)14-9-12(4)8-13-6-7-17-12/h13H,5-9H2,1-4H3,(H2,14,15,16). The number of rotatable bonds is 4. The monoisotopic (exact) mass is 243 g/mol. The third-order valence-corrected chi connectivity index (χ3v) is 3.19. The van der Waals surface area contributed by atoms with E-state index in [0.29, 0.717) is 13.2 Å². The van der Waals surface area contributed by atoms with Crippen molar-refractivity contribution < 1.29 is 9.53 Å². The summed E-state index contributed by atoms with van der Waals surface area (Å²) in [5, 5.41) is 9.07. The SMILES string of the molecule is CCC(C)(C)NC(=O)NCC1(C)CNCCO1. The Morgan fingerprint density at radius 1 is 1.53 bits per heavy atom. The molecule has 0 radical (unpaired) electrons. The second kappa shape index (κ2) is 5.69. The number of urea groups is 1. The molecule has 1 fully saturated rings. The van der Waals surface area contributed by atoms with Gasteiger partial charge in [0, 0.05) is 25.2 Å². The van der Waals surface area contributed by atoms with Crippen LogP contribution in [0.1, 0.15) is 34.1 Å². The van der Waals surface area contributed by atoms with Crippen LogP contribution < -0.4 is 16.0 Å². The Kier molecular flexibility index (Phi) is 4.77. The van der Waals surface area contributed by atoms with E-state index in [9.17, 15) is 4.79 Å². The van der Waals surface area contributed by atoms with Gasteiger partial charge in [-0.1, -0.05) is 6.92 Å². The van der Waals surface area contributed by atoms with Gasteiger partial charge in [0.2, 0.25) is 0 Å². The maximum Gasteiger partial charge on any atom is 0.315 e. The van der Waals surface area contributed by atoms with Crippen LogP contribution in [0.15, 0.2) is 0 Å². The number of ether oxygens (including phenoxy) is 1. The van der Waals surface area contributed by atoms with E-state index in [4.69, 9.17) is 4.74 Å². The summed E-state index contributed by atoms with van der Waals surface area (Å²) >= 11 is 0. The lowest BCUT2D eigenvalue weighted by Crippen LogP contribution is -2.56. The number of carbonyl (C=O) groups is 1. The minimum atomic E-state index is -0.300. The largest absolute Gasteiger partial charge is 0.371 e. The van der Waals surface area contributed by atoms with Crippen LogP contribution in [0, 0.1) is 0 Å². The molecule has 1 rings (SSSR count). The molecule has 0 aromatic heterocycles. The number of hydrogen-bond donors (Lipinski definition) is 3. The van der Waals surface area contributed by atoms with Crippen LogP contribution >= 0.6 is 0 Å². The second-order valence-corrected chi connectivity index (χ2v) is 5.52. The van der Waals surface area contributed by atoms with Crippen molar-refractivity contribution >= 4 is 6.03 Å². The van der Waals surface area contributed by atoms with Gasteiger partial charge in [-0.25, -0.2) is 4.79 Å². The molecule has 1 saturated heterocycles. The molecule has 2 amide bonds. The van der Waals surface area contributed by atoms with Crippen LogP contribution in [-0.4, -0.2) is 43.4 Å². The minimum absolute atomic E-state index is 0.132. The zero-order chi connectivity index (χ0) is 12.9. The molecule has 3 N–H and O–H groups in total. The van der Waals surface area contributed by atoms with E-state index < -0.39 is 0 Å². The molecule has 0 aliphatic carbocycles. The highest BCUT2D eigenvalue weighted by Crippen LogP contribution is 2.11. The normalized spacial score (nSPS) is 25.4. The first-order valence-electron chi connectivity index (χ1n) is 6.28. The molecular weight excluding hydrogens is 218 g/mol. The number of morpholine rings is 1. The predicted octanol–water partition coefficient (Wildman–Crippen LogP) is 0.853. The summed E-state index contributed by atoms with van der Waals surface area (Å²) in [5.41, 5.74) is -0.470. The molecule has 5 heteroatoms. The van der Waals surface area contributed by atoms with E-state index in [0.717, 1.165) is 19.5 Å². The Bertz CT molecular complexity index is 260. The van der Waals surface area contributed by atoms with Crippen molar-refractivity contribution in [2.45, 2.75) is 45.3 Å². The van der Waals surface area contributed by atoms with Gasteiger partial charge in [0.1, 0.15) is 0 Å². The summed E-state index contributed by atoms with van der Waals surface area (Å²) in [5.74, 6) is 0. The third-order valence-electron chi connectivity index (χ3n) is 3.19. The van der Waals surface area contributed by atoms with Crippen LogP contribution in [0.2, 0.25) is 0 Å². The Labute approximate surface area is 104 Å². The Morgan fingerprint density at radius 3 is 2.76 bits per heavy atom. The van der Waals surface area contributed by atoms with Gasteiger partial charge in [0.25, 0.3) is 0 Å². The number of amides is 2. The Balaban J connectivity index is 2.32. The fraction of sp³-hybridized carbons (Fsp3) is 0.917. The number of nitrogens with one attached hydrogen (secondary N) is 3. The van der Waals surface area contributed by atoms with Crippen LogP contribution in [0.4, 0.5) is 4.79 Å². The van der Waals surface area contributed by atoms with Crippen molar-refractivity contribution in [1.82, 2.24) is 16.0 Å². The van der Waals surface area contributed by atoms with E-state index in [-0.39, 0.29) is 17.2 Å². The van der Waals surface area contributed by atoms with E-state index in [1.54, 1.807) is 0 Å². The molecule has 17 heavy (non-hydrogen) atoms. The van der Waals surface area contributed by atoms with Crippen LogP contribution in [0.5, 0.6) is 0 Å². The Hall–Kier alpha value is -0.810. The average molecular weight is 243 g/mol. The van der Waals surface area contributed by atoms with Crippen LogP contribution in [-0.2, 0) is 4.74 Å². The van der Waals surface area contributed by atoms with Gasteiger partial charge >= 0.3 is 6.03 Å². The van der Waals surface area contributed by atoms with Crippen molar-refractivity contribution in [2.75, 3.05) is 26.2 Å². The first kappa shape index (κ1) is 14.3. The molecule has 0 spiro atoms. The zero-order valence-corrected chi connectivity index (χ0v) is 11.4. The lowest BCUT2D eigenvalue weighted by molar-refractivity contribution is -0.0490. The maximum atomic E-state index is 11.7. The molecule has 0 aromatic rings. The van der Waals surface area contributed by atoms with Crippen LogP contribution in [0.3, 0.4) is 0 Å². The van der Waals surface area contributed by atoms with Gasteiger partial charge < -0.3 is 20.7 Å². The predicted molar refractivity (Wildman–Crippen MR) is 68.1 cm³/mol. The van der Waals surface area contributed by atoms with Gasteiger partial charge in [-0.2, -0.15) is 0 Å². The second-order valence-electron chi connectivity index (χ2n) is 5.52. The highest BCUT2D eigenvalue weighted by Gasteiger charge is 2.28. The topological polar surface area (TPSA) is 62.4 Å². The average Bonchev–Trinajstić information content (AvgIpc) is 2.27. The fourth-order valence-electron chi connectivity index (χ4n) is 1.59. The zero-order valence-electron chi connectivity index (χ0n) is 11.4. The van der Waals surface area contributed by atoms with Crippen molar-refractivity contribution in [3.05, 3.63) is 0 Å². The molecule has 1 atom stereocenters. The van der Waals surface area contributed by atoms with E-state index in [1.165, 1.54) is 0 Å². The lowest BCUT2D eigenvalue weighted by Gasteiger charge is -2.35. The van der Waals surface area contributed by atoms with Gasteiger partial charge in [-0.05, 0) is 27.2 Å². The first-order chi connectivity index (χ1) is 7.87. The number of hydrogen-bond acceptors (Lipinski definition) is 3. The summed E-state index contributed by atoms with van der Waals surface area (Å²) in [7, 11) is 0. The van der Waals surface area contributed by atoms with Crippen molar-refractivity contribution in [3.63, 3.8) is 0 Å². The molecule has 1 aliphatic rings. The van der Waals surface area contributed by atoms with Crippen LogP contribution in [0.25, 0.3) is 0 Å². The molecule has 1 heterocycles. The molecule has 1 unspecified atom stereocenters. The van der Waals surface area contributed by atoms with Gasteiger partial charge in [0.05, 0.1) is 12.2 Å². The smallest absolute Gasteiger partial charge is 0.315 e. The lowest BCUT2D eigenvalue weighted by atomic mass is 10.0. The van der Waals surface area contributed by atoms with Gasteiger partial charge in [0.15, 0.2) is 0 Å². The van der Waals surface area contributed by atoms with Gasteiger partial charge in [-0.3, -0.25) is 0 Å². The van der Waals surface area contributed by atoms with Crippen molar-refractivity contribution in [3.8, 4) is 0 Å². The summed E-state index contributed by atoms with van der Waals surface area (Å²) in [6, 6.07) is -0.132. The third kappa shape index (κ3) is 4.91. The Morgan fingerprint density at radius 2 is 2.24 bits per heavy atom. The molecule has 100 valence electrons. The van der Waals surface area contributed by atoms with E-state index in [1.807, 2.05) is 20.8 Å². The molecule has 5 nitrogen and oxygen atoms in total. The first-order valence-corrected chi connectivity index (χ1v) is 6.28. The summed E-state index contributed by atoms with van der Waals surface area (Å²) in [6.07, 6.45) is 0.899. The maximum absolute atomic E-state index is 11.7. The van der Waals surface area contributed by atoms with Gasteiger partial charge in [-0.15, -0.1) is 0 Å².